The largest absolute Gasteiger partial charge is 0.331 e. The molecule has 0 aromatic carbocycles. The number of hydrogen-bond acceptors (Lipinski definition) is 2. The van der Waals surface area contributed by atoms with Gasteiger partial charge in [-0.25, -0.2) is 4.98 Å². The molecule has 1 aromatic heterocycles. The second-order valence-electron chi connectivity index (χ2n) is 3.46. The second-order valence-corrected chi connectivity index (χ2v) is 3.46. The van der Waals surface area contributed by atoms with Crippen LogP contribution in [0.1, 0.15) is 20.8 Å². The van der Waals surface area contributed by atoms with E-state index in [1.54, 1.807) is 12.4 Å². The molecule has 1 atom stereocenters. The fraction of sp³-hybridized carbons (Fsp3) is 0.556. The molecule has 0 bridgehead atoms. The number of rotatable bonds is 3. The average molecular weight is 181 g/mol. The molecule has 4 heteroatoms. The van der Waals surface area contributed by atoms with Crippen molar-refractivity contribution in [1.29, 1.82) is 0 Å². The molecule has 1 heterocycles. The lowest BCUT2D eigenvalue weighted by molar-refractivity contribution is -0.120. The lowest BCUT2D eigenvalue weighted by atomic mass is 9.97. The Bertz CT molecular complexity index is 266. The van der Waals surface area contributed by atoms with Crippen LogP contribution in [0, 0.1) is 11.8 Å². The van der Waals surface area contributed by atoms with E-state index in [1.807, 2.05) is 20.8 Å². The van der Waals surface area contributed by atoms with Crippen LogP contribution in [-0.2, 0) is 4.79 Å². The van der Waals surface area contributed by atoms with Crippen LogP contribution in [0.2, 0.25) is 0 Å². The first kappa shape index (κ1) is 9.77. The summed E-state index contributed by atoms with van der Waals surface area (Å²) in [5.74, 6) is 0.863. The monoisotopic (exact) mass is 181 g/mol. The fourth-order valence-corrected chi connectivity index (χ4v) is 0.867. The minimum absolute atomic E-state index is 0.00458. The molecule has 72 valence electrons. The van der Waals surface area contributed by atoms with Crippen molar-refractivity contribution in [2.45, 2.75) is 20.8 Å². The van der Waals surface area contributed by atoms with Gasteiger partial charge < -0.3 is 4.98 Å². The Labute approximate surface area is 77.8 Å². The lowest BCUT2D eigenvalue weighted by Gasteiger charge is -2.13. The first-order chi connectivity index (χ1) is 6.11. The summed E-state index contributed by atoms with van der Waals surface area (Å²) < 4.78 is 0. The Balaban J connectivity index is 2.51. The third-order valence-corrected chi connectivity index (χ3v) is 2.15. The Morgan fingerprint density at radius 3 is 2.69 bits per heavy atom. The minimum Gasteiger partial charge on any atom is -0.331 e. The summed E-state index contributed by atoms with van der Waals surface area (Å²) in [4.78, 5) is 18.2. The molecule has 0 aliphatic carbocycles. The van der Waals surface area contributed by atoms with Crippen molar-refractivity contribution >= 4 is 11.9 Å². The third kappa shape index (κ3) is 2.57. The van der Waals surface area contributed by atoms with E-state index in [0.29, 0.717) is 11.9 Å². The number of aromatic nitrogens is 2. The van der Waals surface area contributed by atoms with E-state index in [1.165, 1.54) is 0 Å². The molecule has 0 radical (unpaired) electrons. The van der Waals surface area contributed by atoms with Crippen LogP contribution in [0.3, 0.4) is 0 Å². The predicted octanol–water partition coefficient (Wildman–Crippen LogP) is 1.64. The quantitative estimate of drug-likeness (QED) is 0.744. The first-order valence-corrected chi connectivity index (χ1v) is 4.41. The van der Waals surface area contributed by atoms with Gasteiger partial charge in [-0.3, -0.25) is 10.1 Å². The highest BCUT2D eigenvalue weighted by Crippen LogP contribution is 2.11. The molecule has 0 aliphatic heterocycles. The third-order valence-electron chi connectivity index (χ3n) is 2.15. The zero-order valence-corrected chi connectivity index (χ0v) is 8.16. The van der Waals surface area contributed by atoms with Gasteiger partial charge in [0.25, 0.3) is 0 Å². The summed E-state index contributed by atoms with van der Waals surface area (Å²) >= 11 is 0. The molecule has 1 aromatic rings. The maximum atomic E-state index is 11.5. The van der Waals surface area contributed by atoms with Crippen LogP contribution < -0.4 is 5.32 Å². The zero-order valence-electron chi connectivity index (χ0n) is 8.16. The van der Waals surface area contributed by atoms with Crippen LogP contribution in [-0.4, -0.2) is 15.9 Å². The van der Waals surface area contributed by atoms with Crippen LogP contribution in [0.15, 0.2) is 12.4 Å². The topological polar surface area (TPSA) is 57.8 Å². The van der Waals surface area contributed by atoms with Crippen molar-refractivity contribution < 1.29 is 4.79 Å². The summed E-state index contributed by atoms with van der Waals surface area (Å²) in [5.41, 5.74) is 0. The highest BCUT2D eigenvalue weighted by Gasteiger charge is 2.16. The molecule has 2 N–H and O–H groups in total. The van der Waals surface area contributed by atoms with E-state index in [9.17, 15) is 4.79 Å². The standard InChI is InChI=1S/C9H15N3O/c1-6(2)7(3)8(13)12-9-10-4-5-11-9/h4-7H,1-3H3,(H2,10,11,12,13). The fourth-order valence-electron chi connectivity index (χ4n) is 0.867. The molecular formula is C9H15N3O. The van der Waals surface area contributed by atoms with Crippen molar-refractivity contribution in [3.05, 3.63) is 12.4 Å². The number of imidazole rings is 1. The molecule has 0 fully saturated rings. The SMILES string of the molecule is CC(C)C(C)C(=O)Nc1ncc[nH]1. The van der Waals surface area contributed by atoms with Gasteiger partial charge in [-0.2, -0.15) is 0 Å². The molecule has 0 saturated carbocycles. The van der Waals surface area contributed by atoms with Crippen LogP contribution in [0.4, 0.5) is 5.95 Å². The van der Waals surface area contributed by atoms with Crippen molar-refractivity contribution in [2.24, 2.45) is 11.8 Å². The van der Waals surface area contributed by atoms with E-state index in [4.69, 9.17) is 0 Å². The van der Waals surface area contributed by atoms with Gasteiger partial charge in [0.15, 0.2) is 0 Å². The average Bonchev–Trinajstić information content (AvgIpc) is 2.55. The number of aromatic amines is 1. The molecule has 0 aliphatic rings. The van der Waals surface area contributed by atoms with Crippen molar-refractivity contribution in [3.8, 4) is 0 Å². The van der Waals surface area contributed by atoms with E-state index >= 15 is 0 Å². The van der Waals surface area contributed by atoms with Crippen molar-refractivity contribution in [1.82, 2.24) is 9.97 Å². The maximum absolute atomic E-state index is 11.5. The van der Waals surface area contributed by atoms with Gasteiger partial charge in [-0.1, -0.05) is 20.8 Å². The van der Waals surface area contributed by atoms with E-state index in [2.05, 4.69) is 15.3 Å². The number of carbonyl (C=O) groups is 1. The Hall–Kier alpha value is -1.32. The van der Waals surface area contributed by atoms with E-state index in [-0.39, 0.29) is 11.8 Å². The number of H-pyrrole nitrogens is 1. The van der Waals surface area contributed by atoms with Gasteiger partial charge in [0.05, 0.1) is 0 Å². The second kappa shape index (κ2) is 4.07. The number of anilines is 1. The maximum Gasteiger partial charge on any atom is 0.229 e. The van der Waals surface area contributed by atoms with Crippen molar-refractivity contribution in [3.63, 3.8) is 0 Å². The predicted molar refractivity (Wildman–Crippen MR) is 51.2 cm³/mol. The van der Waals surface area contributed by atoms with Gasteiger partial charge >= 0.3 is 0 Å². The number of carbonyl (C=O) groups excluding carboxylic acids is 1. The number of nitrogens with one attached hydrogen (secondary N) is 2. The van der Waals surface area contributed by atoms with E-state index < -0.39 is 0 Å². The van der Waals surface area contributed by atoms with Crippen LogP contribution >= 0.6 is 0 Å². The summed E-state index contributed by atoms with van der Waals surface area (Å²) in [6, 6.07) is 0. The number of nitrogens with zero attached hydrogens (tertiary/aromatic N) is 1. The number of amides is 1. The molecule has 1 amide bonds. The van der Waals surface area contributed by atoms with Gasteiger partial charge in [-0.05, 0) is 5.92 Å². The van der Waals surface area contributed by atoms with Gasteiger partial charge in [0.2, 0.25) is 11.9 Å². The Kier molecular flexibility index (Phi) is 3.06. The first-order valence-electron chi connectivity index (χ1n) is 4.41. The Morgan fingerprint density at radius 1 is 1.54 bits per heavy atom. The van der Waals surface area contributed by atoms with Gasteiger partial charge in [-0.15, -0.1) is 0 Å². The number of hydrogen-bond donors (Lipinski definition) is 2. The molecule has 1 rings (SSSR count). The highest BCUT2D eigenvalue weighted by molar-refractivity contribution is 5.90. The summed E-state index contributed by atoms with van der Waals surface area (Å²) in [6.45, 7) is 5.95. The summed E-state index contributed by atoms with van der Waals surface area (Å²) in [7, 11) is 0. The minimum atomic E-state index is 0.00458. The summed E-state index contributed by atoms with van der Waals surface area (Å²) in [6.07, 6.45) is 3.28. The van der Waals surface area contributed by atoms with Gasteiger partial charge in [0.1, 0.15) is 0 Å². The van der Waals surface area contributed by atoms with Crippen LogP contribution in [0.25, 0.3) is 0 Å². The van der Waals surface area contributed by atoms with Gasteiger partial charge in [0, 0.05) is 18.3 Å². The molecule has 1 unspecified atom stereocenters. The normalized spacial score (nSPS) is 12.9. The summed E-state index contributed by atoms with van der Waals surface area (Å²) in [5, 5.41) is 2.70. The van der Waals surface area contributed by atoms with Crippen molar-refractivity contribution in [2.75, 3.05) is 5.32 Å². The molecule has 4 nitrogen and oxygen atoms in total. The lowest BCUT2D eigenvalue weighted by Crippen LogP contribution is -2.24. The van der Waals surface area contributed by atoms with E-state index in [0.717, 1.165) is 0 Å². The Morgan fingerprint density at radius 2 is 2.23 bits per heavy atom. The molecule has 0 spiro atoms. The molecular weight excluding hydrogens is 166 g/mol. The smallest absolute Gasteiger partial charge is 0.229 e. The molecule has 0 saturated heterocycles. The molecule has 13 heavy (non-hydrogen) atoms. The highest BCUT2D eigenvalue weighted by atomic mass is 16.2. The van der Waals surface area contributed by atoms with Crippen LogP contribution in [0.5, 0.6) is 0 Å². The zero-order chi connectivity index (χ0) is 9.84.